The molecule has 0 aliphatic carbocycles. The second kappa shape index (κ2) is 4.75. The van der Waals surface area contributed by atoms with Gasteiger partial charge in [0.25, 0.3) is 0 Å². The molecule has 1 N–H and O–H groups in total. The summed E-state index contributed by atoms with van der Waals surface area (Å²) in [7, 11) is 2.14. The van der Waals surface area contributed by atoms with Crippen LogP contribution in [0.4, 0.5) is 0 Å². The van der Waals surface area contributed by atoms with Crippen molar-refractivity contribution >= 4 is 10.9 Å². The molecule has 1 aliphatic heterocycles. The van der Waals surface area contributed by atoms with Gasteiger partial charge in [0.1, 0.15) is 0 Å². The molecule has 1 aliphatic rings. The number of hydrogen-bond acceptors (Lipinski definition) is 2. The molecule has 0 amide bonds. The van der Waals surface area contributed by atoms with Gasteiger partial charge >= 0.3 is 0 Å². The average molecular weight is 244 g/mol. The molecule has 3 nitrogen and oxygen atoms in total. The van der Waals surface area contributed by atoms with E-state index in [1.165, 1.54) is 22.2 Å². The highest BCUT2D eigenvalue weighted by molar-refractivity contribution is 5.84. The predicted octanol–water partition coefficient (Wildman–Crippen LogP) is 2.54. The third-order valence-corrected chi connectivity index (χ3v) is 3.85. The normalized spacial score (nSPS) is 21.1. The molecule has 0 bridgehead atoms. The van der Waals surface area contributed by atoms with Crippen molar-refractivity contribution < 1.29 is 4.74 Å². The summed E-state index contributed by atoms with van der Waals surface area (Å²) in [5, 5.41) is 4.72. The topological polar surface area (TPSA) is 26.2 Å². The summed E-state index contributed by atoms with van der Waals surface area (Å²) in [5.74, 6) is 0. The van der Waals surface area contributed by atoms with Crippen LogP contribution >= 0.6 is 0 Å². The SMILES string of the molecule is Cc1cccc2c1cc(C1CCNCCO1)n2C. The first-order chi connectivity index (χ1) is 8.77. The van der Waals surface area contributed by atoms with Crippen molar-refractivity contribution in [1.82, 2.24) is 9.88 Å². The molecule has 1 fully saturated rings. The number of ether oxygens (including phenoxy) is 1. The Kier molecular flexibility index (Phi) is 3.10. The van der Waals surface area contributed by atoms with E-state index in [-0.39, 0.29) is 6.10 Å². The summed E-state index contributed by atoms with van der Waals surface area (Å²) in [5.41, 5.74) is 3.93. The molecule has 3 heteroatoms. The molecule has 0 spiro atoms. The maximum absolute atomic E-state index is 5.96. The summed E-state index contributed by atoms with van der Waals surface area (Å²) < 4.78 is 8.23. The van der Waals surface area contributed by atoms with Crippen LogP contribution in [-0.2, 0) is 11.8 Å². The predicted molar refractivity (Wildman–Crippen MR) is 73.8 cm³/mol. The zero-order chi connectivity index (χ0) is 12.5. The van der Waals surface area contributed by atoms with E-state index in [4.69, 9.17) is 4.74 Å². The Morgan fingerprint density at radius 3 is 3.06 bits per heavy atom. The first kappa shape index (κ1) is 11.8. The van der Waals surface area contributed by atoms with Crippen LogP contribution in [0.25, 0.3) is 10.9 Å². The number of aryl methyl sites for hydroxylation is 2. The van der Waals surface area contributed by atoms with Gasteiger partial charge in [-0.25, -0.2) is 0 Å². The Hall–Kier alpha value is -1.32. The quantitative estimate of drug-likeness (QED) is 0.834. The lowest BCUT2D eigenvalue weighted by Crippen LogP contribution is -2.16. The van der Waals surface area contributed by atoms with Crippen LogP contribution < -0.4 is 5.32 Å². The minimum absolute atomic E-state index is 0.219. The van der Waals surface area contributed by atoms with E-state index >= 15 is 0 Å². The first-order valence-electron chi connectivity index (χ1n) is 6.64. The molecule has 2 heterocycles. The molecule has 0 saturated carbocycles. The maximum atomic E-state index is 5.96. The summed E-state index contributed by atoms with van der Waals surface area (Å²) in [4.78, 5) is 0. The standard InChI is InChI=1S/C15H20N2O/c1-11-4-3-5-13-12(11)10-14(17(13)2)15-6-7-16-8-9-18-15/h3-5,10,15-16H,6-9H2,1-2H3. The van der Waals surface area contributed by atoms with Gasteiger partial charge in [-0.3, -0.25) is 0 Å². The molecule has 1 unspecified atom stereocenters. The summed E-state index contributed by atoms with van der Waals surface area (Å²) in [6.45, 7) is 4.96. The lowest BCUT2D eigenvalue weighted by atomic mass is 10.1. The molecule has 1 aromatic heterocycles. The molecule has 3 rings (SSSR count). The lowest BCUT2D eigenvalue weighted by Gasteiger charge is -2.15. The minimum atomic E-state index is 0.219. The van der Waals surface area contributed by atoms with E-state index in [9.17, 15) is 0 Å². The van der Waals surface area contributed by atoms with Gasteiger partial charge in [0.2, 0.25) is 0 Å². The van der Waals surface area contributed by atoms with Crippen LogP contribution in [0.2, 0.25) is 0 Å². The second-order valence-corrected chi connectivity index (χ2v) is 5.03. The van der Waals surface area contributed by atoms with E-state index in [2.05, 4.69) is 48.1 Å². The van der Waals surface area contributed by atoms with E-state index in [1.807, 2.05) is 0 Å². The average Bonchev–Trinajstić information content (AvgIpc) is 2.57. The summed E-state index contributed by atoms with van der Waals surface area (Å²) in [6, 6.07) is 8.76. The van der Waals surface area contributed by atoms with Gasteiger partial charge in [0.05, 0.1) is 12.7 Å². The molecule has 96 valence electrons. The Balaban J connectivity index is 2.06. The Morgan fingerprint density at radius 2 is 2.22 bits per heavy atom. The number of aromatic nitrogens is 1. The van der Waals surface area contributed by atoms with Gasteiger partial charge in [-0.15, -0.1) is 0 Å². The number of rotatable bonds is 1. The van der Waals surface area contributed by atoms with Gasteiger partial charge < -0.3 is 14.6 Å². The zero-order valence-electron chi connectivity index (χ0n) is 11.1. The zero-order valence-corrected chi connectivity index (χ0v) is 11.1. The number of fused-ring (bicyclic) bond motifs is 1. The van der Waals surface area contributed by atoms with Crippen molar-refractivity contribution in [1.29, 1.82) is 0 Å². The number of nitrogens with one attached hydrogen (secondary N) is 1. The van der Waals surface area contributed by atoms with Crippen LogP contribution in [0.1, 0.15) is 23.8 Å². The van der Waals surface area contributed by atoms with Crippen molar-refractivity contribution in [3.8, 4) is 0 Å². The second-order valence-electron chi connectivity index (χ2n) is 5.03. The van der Waals surface area contributed by atoms with Gasteiger partial charge in [-0.05, 0) is 37.6 Å². The van der Waals surface area contributed by atoms with Gasteiger partial charge in [0, 0.05) is 30.2 Å². The Bertz CT molecular complexity index is 551. The molecule has 18 heavy (non-hydrogen) atoms. The fourth-order valence-electron chi connectivity index (χ4n) is 2.79. The third-order valence-electron chi connectivity index (χ3n) is 3.85. The molecule has 1 aromatic carbocycles. The monoisotopic (exact) mass is 244 g/mol. The smallest absolute Gasteiger partial charge is 0.0987 e. The first-order valence-corrected chi connectivity index (χ1v) is 6.64. The van der Waals surface area contributed by atoms with Gasteiger partial charge in [-0.2, -0.15) is 0 Å². The van der Waals surface area contributed by atoms with Crippen molar-refractivity contribution in [3.05, 3.63) is 35.5 Å². The van der Waals surface area contributed by atoms with Crippen LogP contribution in [-0.4, -0.2) is 24.3 Å². The number of benzene rings is 1. The van der Waals surface area contributed by atoms with Crippen molar-refractivity contribution in [2.45, 2.75) is 19.4 Å². The highest BCUT2D eigenvalue weighted by atomic mass is 16.5. The lowest BCUT2D eigenvalue weighted by molar-refractivity contribution is 0.0597. The molecule has 1 atom stereocenters. The summed E-state index contributed by atoms with van der Waals surface area (Å²) >= 11 is 0. The van der Waals surface area contributed by atoms with E-state index in [0.717, 1.165) is 26.1 Å². The summed E-state index contributed by atoms with van der Waals surface area (Å²) in [6.07, 6.45) is 1.26. The number of hydrogen-bond donors (Lipinski definition) is 1. The number of nitrogens with zero attached hydrogens (tertiary/aromatic N) is 1. The van der Waals surface area contributed by atoms with Gasteiger partial charge in [0.15, 0.2) is 0 Å². The maximum Gasteiger partial charge on any atom is 0.0987 e. The highest BCUT2D eigenvalue weighted by Crippen LogP contribution is 2.29. The van der Waals surface area contributed by atoms with Crippen molar-refractivity contribution in [3.63, 3.8) is 0 Å². The molecule has 1 saturated heterocycles. The van der Waals surface area contributed by atoms with Crippen LogP contribution in [0.3, 0.4) is 0 Å². The van der Waals surface area contributed by atoms with Crippen LogP contribution in [0.5, 0.6) is 0 Å². The van der Waals surface area contributed by atoms with E-state index in [1.54, 1.807) is 0 Å². The van der Waals surface area contributed by atoms with Crippen LogP contribution in [0.15, 0.2) is 24.3 Å². The molecule has 0 radical (unpaired) electrons. The van der Waals surface area contributed by atoms with E-state index < -0.39 is 0 Å². The van der Waals surface area contributed by atoms with Crippen LogP contribution in [0, 0.1) is 6.92 Å². The molecular formula is C15H20N2O. The largest absolute Gasteiger partial charge is 0.371 e. The van der Waals surface area contributed by atoms with E-state index in [0.29, 0.717) is 0 Å². The highest BCUT2D eigenvalue weighted by Gasteiger charge is 2.19. The van der Waals surface area contributed by atoms with Crippen molar-refractivity contribution in [2.75, 3.05) is 19.7 Å². The molecule has 2 aromatic rings. The minimum Gasteiger partial charge on any atom is -0.371 e. The Morgan fingerprint density at radius 1 is 1.33 bits per heavy atom. The third kappa shape index (κ3) is 1.93. The fraction of sp³-hybridized carbons (Fsp3) is 0.467. The molecular weight excluding hydrogens is 224 g/mol. The van der Waals surface area contributed by atoms with Crippen molar-refractivity contribution in [2.24, 2.45) is 7.05 Å². The Labute approximate surface area is 108 Å². The fourth-order valence-corrected chi connectivity index (χ4v) is 2.79. The van der Waals surface area contributed by atoms with Gasteiger partial charge in [-0.1, -0.05) is 12.1 Å².